The van der Waals surface area contributed by atoms with Crippen LogP contribution >= 0.6 is 11.8 Å². The third kappa shape index (κ3) is 1.83. The van der Waals surface area contributed by atoms with Crippen LogP contribution in [0.4, 0.5) is 0 Å². The Labute approximate surface area is 86.5 Å². The highest BCUT2D eigenvalue weighted by atomic mass is 32.2. The fraction of sp³-hybridized carbons (Fsp3) is 0.556. The van der Waals surface area contributed by atoms with Crippen molar-refractivity contribution in [2.45, 2.75) is 24.5 Å². The summed E-state index contributed by atoms with van der Waals surface area (Å²) in [7, 11) is 0. The normalized spacial score (nSPS) is 16.1. The number of H-pyrrole nitrogens is 1. The van der Waals surface area contributed by atoms with Gasteiger partial charge in [-0.2, -0.15) is 0 Å². The van der Waals surface area contributed by atoms with Gasteiger partial charge in [0.25, 0.3) is 5.56 Å². The first-order chi connectivity index (χ1) is 6.81. The van der Waals surface area contributed by atoms with E-state index in [1.54, 1.807) is 0 Å². The second-order valence-corrected chi connectivity index (χ2v) is 4.08. The molecule has 0 spiro atoms. The van der Waals surface area contributed by atoms with E-state index in [-0.39, 0.29) is 5.56 Å². The van der Waals surface area contributed by atoms with Crippen molar-refractivity contribution in [2.24, 2.45) is 0 Å². The Kier molecular flexibility index (Phi) is 2.88. The molecule has 0 bridgehead atoms. The van der Waals surface area contributed by atoms with Gasteiger partial charge in [-0.25, -0.2) is 4.98 Å². The van der Waals surface area contributed by atoms with Crippen molar-refractivity contribution >= 4 is 11.8 Å². The first kappa shape index (κ1) is 9.73. The molecule has 1 aromatic rings. The van der Waals surface area contributed by atoms with E-state index in [1.165, 1.54) is 11.8 Å². The van der Waals surface area contributed by atoms with Crippen molar-refractivity contribution in [1.29, 1.82) is 0 Å². The summed E-state index contributed by atoms with van der Waals surface area (Å²) in [4.78, 5) is 18.8. The van der Waals surface area contributed by atoms with Crippen LogP contribution in [0.2, 0.25) is 0 Å². The highest BCUT2D eigenvalue weighted by Crippen LogP contribution is 2.11. The molecule has 0 radical (unpaired) electrons. The van der Waals surface area contributed by atoms with Crippen molar-refractivity contribution in [3.05, 3.63) is 21.6 Å². The van der Waals surface area contributed by atoms with E-state index in [4.69, 9.17) is 0 Å². The second kappa shape index (κ2) is 4.14. The van der Waals surface area contributed by atoms with Crippen molar-refractivity contribution in [3.63, 3.8) is 0 Å². The maximum Gasteiger partial charge on any atom is 0.255 e. The van der Waals surface area contributed by atoms with Gasteiger partial charge in [0.1, 0.15) is 0 Å². The lowest BCUT2D eigenvalue weighted by molar-refractivity contribution is 0.671. The Hall–Kier alpha value is -0.810. The Morgan fingerprint density at radius 3 is 3.14 bits per heavy atom. The van der Waals surface area contributed by atoms with Crippen LogP contribution in [0.5, 0.6) is 0 Å². The van der Waals surface area contributed by atoms with Crippen LogP contribution < -0.4 is 10.9 Å². The minimum Gasteiger partial charge on any atom is -0.311 e. The lowest BCUT2D eigenvalue weighted by Crippen LogP contribution is -2.19. The molecule has 0 atom stereocenters. The predicted molar refractivity (Wildman–Crippen MR) is 56.7 cm³/mol. The van der Waals surface area contributed by atoms with Crippen LogP contribution in [0.15, 0.2) is 9.95 Å². The van der Waals surface area contributed by atoms with E-state index in [1.807, 2.05) is 6.26 Å². The van der Waals surface area contributed by atoms with Gasteiger partial charge in [-0.3, -0.25) is 4.79 Å². The maximum absolute atomic E-state index is 11.7. The fourth-order valence-corrected chi connectivity index (χ4v) is 2.02. The minimum absolute atomic E-state index is 0.0306. The van der Waals surface area contributed by atoms with Crippen molar-refractivity contribution in [1.82, 2.24) is 15.3 Å². The van der Waals surface area contributed by atoms with Crippen LogP contribution in [-0.4, -0.2) is 22.8 Å². The molecule has 2 heterocycles. The van der Waals surface area contributed by atoms with Gasteiger partial charge in [-0.1, -0.05) is 11.8 Å². The van der Waals surface area contributed by atoms with Crippen LogP contribution in [-0.2, 0) is 13.0 Å². The fourth-order valence-electron chi connectivity index (χ4n) is 1.62. The molecule has 0 aromatic carbocycles. The minimum atomic E-state index is 0.0306. The Morgan fingerprint density at radius 2 is 2.36 bits per heavy atom. The Balaban J connectivity index is 2.48. The number of fused-ring (bicyclic) bond motifs is 1. The van der Waals surface area contributed by atoms with E-state index < -0.39 is 0 Å². The number of nitrogens with one attached hydrogen (secondary N) is 2. The molecule has 5 heteroatoms. The van der Waals surface area contributed by atoms with Gasteiger partial charge in [-0.15, -0.1) is 0 Å². The average Bonchev–Trinajstić information content (AvgIpc) is 2.42. The number of hydrogen-bond acceptors (Lipinski definition) is 4. The molecule has 76 valence electrons. The molecular formula is C9H13N3OS. The number of nitrogens with zero attached hydrogens (tertiary/aromatic N) is 1. The largest absolute Gasteiger partial charge is 0.311 e. The lowest BCUT2D eigenvalue weighted by Gasteiger charge is -2.04. The smallest absolute Gasteiger partial charge is 0.255 e. The summed E-state index contributed by atoms with van der Waals surface area (Å²) in [5, 5.41) is 3.96. The molecule has 2 N–H and O–H groups in total. The highest BCUT2D eigenvalue weighted by Gasteiger charge is 2.13. The molecule has 1 aromatic heterocycles. The maximum atomic E-state index is 11.7. The summed E-state index contributed by atoms with van der Waals surface area (Å²) in [6, 6.07) is 0. The van der Waals surface area contributed by atoms with E-state index in [2.05, 4.69) is 15.3 Å². The number of hydrogen-bond donors (Lipinski definition) is 2. The standard InChI is InChI=1S/C9H13N3OS/c1-14-9-11-7-5-10-4-2-3-6(7)8(13)12-9/h10H,2-5H2,1H3,(H,11,12,13). The molecule has 0 saturated heterocycles. The summed E-state index contributed by atoms with van der Waals surface area (Å²) in [5.41, 5.74) is 1.80. The van der Waals surface area contributed by atoms with Crippen LogP contribution in [0, 0.1) is 0 Å². The molecule has 0 aliphatic carbocycles. The zero-order valence-corrected chi connectivity index (χ0v) is 8.91. The van der Waals surface area contributed by atoms with Crippen molar-refractivity contribution < 1.29 is 0 Å². The van der Waals surface area contributed by atoms with E-state index >= 15 is 0 Å². The lowest BCUT2D eigenvalue weighted by atomic mass is 10.1. The molecule has 4 nitrogen and oxygen atoms in total. The van der Waals surface area contributed by atoms with Gasteiger partial charge in [-0.05, 0) is 25.6 Å². The summed E-state index contributed by atoms with van der Waals surface area (Å²) < 4.78 is 0. The van der Waals surface area contributed by atoms with Crippen LogP contribution in [0.1, 0.15) is 17.7 Å². The van der Waals surface area contributed by atoms with E-state index in [0.29, 0.717) is 11.7 Å². The average molecular weight is 211 g/mol. The predicted octanol–water partition coefficient (Wildman–Crippen LogP) is 0.528. The summed E-state index contributed by atoms with van der Waals surface area (Å²) in [5.74, 6) is 0. The topological polar surface area (TPSA) is 57.8 Å². The summed E-state index contributed by atoms with van der Waals surface area (Å²) in [6.07, 6.45) is 3.75. The Morgan fingerprint density at radius 1 is 1.50 bits per heavy atom. The number of rotatable bonds is 1. The quantitative estimate of drug-likeness (QED) is 0.525. The number of aromatic amines is 1. The molecular weight excluding hydrogens is 198 g/mol. The SMILES string of the molecule is CSc1nc2c(c(=O)[nH]1)CCCNC2. The second-order valence-electron chi connectivity index (χ2n) is 3.28. The molecule has 2 rings (SSSR count). The van der Waals surface area contributed by atoms with Gasteiger partial charge in [0, 0.05) is 12.1 Å². The molecule has 0 unspecified atom stereocenters. The van der Waals surface area contributed by atoms with Gasteiger partial charge in [0.05, 0.1) is 5.69 Å². The first-order valence-corrected chi connectivity index (χ1v) is 5.90. The molecule has 0 fully saturated rings. The van der Waals surface area contributed by atoms with E-state index in [0.717, 1.165) is 30.6 Å². The number of aromatic nitrogens is 2. The van der Waals surface area contributed by atoms with Gasteiger partial charge >= 0.3 is 0 Å². The first-order valence-electron chi connectivity index (χ1n) is 4.68. The molecule has 1 aliphatic rings. The number of thioether (sulfide) groups is 1. The van der Waals surface area contributed by atoms with Crippen LogP contribution in [0.25, 0.3) is 0 Å². The zero-order chi connectivity index (χ0) is 9.97. The Bertz CT molecular complexity index is 388. The molecule has 1 aliphatic heterocycles. The third-order valence-electron chi connectivity index (χ3n) is 2.35. The van der Waals surface area contributed by atoms with Crippen molar-refractivity contribution in [3.8, 4) is 0 Å². The molecule has 14 heavy (non-hydrogen) atoms. The summed E-state index contributed by atoms with van der Waals surface area (Å²) >= 11 is 1.47. The van der Waals surface area contributed by atoms with E-state index in [9.17, 15) is 4.79 Å². The van der Waals surface area contributed by atoms with Gasteiger partial charge in [0.15, 0.2) is 5.16 Å². The third-order valence-corrected chi connectivity index (χ3v) is 2.93. The van der Waals surface area contributed by atoms with Gasteiger partial charge in [0.2, 0.25) is 0 Å². The monoisotopic (exact) mass is 211 g/mol. The molecule has 0 amide bonds. The zero-order valence-electron chi connectivity index (χ0n) is 8.09. The molecule has 0 saturated carbocycles. The highest BCUT2D eigenvalue weighted by molar-refractivity contribution is 7.98. The summed E-state index contributed by atoms with van der Waals surface area (Å²) in [6.45, 7) is 1.68. The van der Waals surface area contributed by atoms with Crippen molar-refractivity contribution in [2.75, 3.05) is 12.8 Å². The van der Waals surface area contributed by atoms with Gasteiger partial charge < -0.3 is 10.3 Å². The van der Waals surface area contributed by atoms with Crippen LogP contribution in [0.3, 0.4) is 0 Å².